The molecule has 1 N–H and O–H groups in total. The zero-order chi connectivity index (χ0) is 7.98. The van der Waals surface area contributed by atoms with Gasteiger partial charge in [-0.2, -0.15) is 0 Å². The Balaban J connectivity index is 0. The number of carbonyl (C=O) groups excluding carboxylic acids is 1. The summed E-state index contributed by atoms with van der Waals surface area (Å²) in [6.07, 6.45) is 0.577. The van der Waals surface area contributed by atoms with Crippen LogP contribution in [0.4, 0.5) is 4.79 Å². The highest BCUT2D eigenvalue weighted by Gasteiger charge is 1.97. The van der Waals surface area contributed by atoms with Gasteiger partial charge < -0.3 is 10.1 Å². The van der Waals surface area contributed by atoms with Crippen molar-refractivity contribution in [2.24, 2.45) is 5.92 Å². The van der Waals surface area contributed by atoms with Gasteiger partial charge in [0.2, 0.25) is 0 Å². The van der Waals surface area contributed by atoms with Gasteiger partial charge >= 0.3 is 6.09 Å². The molecule has 0 unspecified atom stereocenters. The van der Waals surface area contributed by atoms with Crippen molar-refractivity contribution in [3.63, 3.8) is 0 Å². The third-order valence-electron chi connectivity index (χ3n) is 1.13. The number of amides is 1. The third-order valence-corrected chi connectivity index (χ3v) is 1.13. The first-order valence-electron chi connectivity index (χ1n) is 3.51. The van der Waals surface area contributed by atoms with Gasteiger partial charge in [0.1, 0.15) is 0 Å². The Kier molecular flexibility index (Phi) is 4.72. The maximum absolute atomic E-state index is 10.5. The lowest BCUT2D eigenvalue weighted by atomic mass is 10.1. The van der Waals surface area contributed by atoms with Crippen LogP contribution in [0.3, 0.4) is 0 Å². The highest BCUT2D eigenvalue weighted by atomic mass is 16.5. The zero-order valence-electron chi connectivity index (χ0n) is 6.81. The number of hydrogen-bond donors (Lipinski definition) is 1. The number of carbonyl (C=O) groups is 1. The van der Waals surface area contributed by atoms with Crippen molar-refractivity contribution in [1.29, 1.82) is 0 Å². The average molecular weight is 147 g/mol. The van der Waals surface area contributed by atoms with Gasteiger partial charge in [0.25, 0.3) is 0 Å². The minimum atomic E-state index is -0.347. The molecule has 3 heteroatoms. The molecule has 0 saturated carbocycles. The molecule has 0 bridgehead atoms. The van der Waals surface area contributed by atoms with Gasteiger partial charge in [-0.3, -0.25) is 0 Å². The fourth-order valence-electron chi connectivity index (χ4n) is 0.459. The first-order valence-corrected chi connectivity index (χ1v) is 3.51. The zero-order valence-corrected chi connectivity index (χ0v) is 6.81. The molecule has 0 aliphatic rings. The molecular formula is C7H17NO2. The first kappa shape index (κ1) is 9.27. The minimum absolute atomic E-state index is 0. The van der Waals surface area contributed by atoms with Crippen molar-refractivity contribution in [3.8, 4) is 0 Å². The monoisotopic (exact) mass is 147 g/mol. The molecule has 0 aromatic heterocycles. The summed E-state index contributed by atoms with van der Waals surface area (Å²) in [7, 11) is 1.55. The van der Waals surface area contributed by atoms with E-state index in [1.54, 1.807) is 7.05 Å². The van der Waals surface area contributed by atoms with E-state index >= 15 is 0 Å². The van der Waals surface area contributed by atoms with Crippen molar-refractivity contribution in [2.45, 2.75) is 20.3 Å². The van der Waals surface area contributed by atoms with Crippen LogP contribution in [0.1, 0.15) is 21.7 Å². The summed E-state index contributed by atoms with van der Waals surface area (Å²) >= 11 is 0. The van der Waals surface area contributed by atoms with Crippen molar-refractivity contribution in [3.05, 3.63) is 0 Å². The molecule has 0 rings (SSSR count). The second kappa shape index (κ2) is 5.09. The van der Waals surface area contributed by atoms with Crippen LogP contribution in [0.5, 0.6) is 0 Å². The lowest BCUT2D eigenvalue weighted by Crippen LogP contribution is -2.20. The molecule has 0 aromatic rings. The van der Waals surface area contributed by atoms with Crippen LogP contribution in [0.2, 0.25) is 0 Å². The number of nitrogens with one attached hydrogen (secondary N) is 1. The molecule has 0 spiro atoms. The molecule has 0 radical (unpaired) electrons. The smallest absolute Gasteiger partial charge is 0.406 e. The standard InChI is InChI=1S/C7H15NO2.H2/c1-6(2)4-5-10-7(9)8-3;/h6H,4-5H2,1-3H3,(H,8,9);1H. The molecule has 0 heterocycles. The fraction of sp³-hybridized carbons (Fsp3) is 0.857. The van der Waals surface area contributed by atoms with Gasteiger partial charge in [0.05, 0.1) is 6.61 Å². The van der Waals surface area contributed by atoms with Gasteiger partial charge in [-0.1, -0.05) is 13.8 Å². The minimum Gasteiger partial charge on any atom is -0.450 e. The highest BCUT2D eigenvalue weighted by Crippen LogP contribution is 1.98. The van der Waals surface area contributed by atoms with E-state index in [0.29, 0.717) is 12.5 Å². The molecule has 0 fully saturated rings. The second-order valence-corrected chi connectivity index (χ2v) is 2.57. The highest BCUT2D eigenvalue weighted by molar-refractivity contribution is 5.66. The van der Waals surface area contributed by atoms with E-state index < -0.39 is 0 Å². The van der Waals surface area contributed by atoms with E-state index in [4.69, 9.17) is 4.74 Å². The SMILES string of the molecule is CNC(=O)OCCC(C)C.[HH]. The molecular weight excluding hydrogens is 130 g/mol. The summed E-state index contributed by atoms with van der Waals surface area (Å²) in [4.78, 5) is 10.5. The Morgan fingerprint density at radius 3 is 2.70 bits per heavy atom. The summed E-state index contributed by atoms with van der Waals surface area (Å²) in [5.74, 6) is 0.588. The van der Waals surface area contributed by atoms with Gasteiger partial charge in [0.15, 0.2) is 0 Å². The second-order valence-electron chi connectivity index (χ2n) is 2.57. The Labute approximate surface area is 63.2 Å². The molecule has 1 amide bonds. The number of alkyl carbamates (subject to hydrolysis) is 1. The Bertz CT molecular complexity index is 107. The lowest BCUT2D eigenvalue weighted by Gasteiger charge is -2.04. The van der Waals surface area contributed by atoms with Crippen molar-refractivity contribution >= 4 is 6.09 Å². The van der Waals surface area contributed by atoms with E-state index in [1.807, 2.05) is 0 Å². The predicted molar refractivity (Wildman–Crippen MR) is 42.0 cm³/mol. The Hall–Kier alpha value is -0.730. The fourth-order valence-corrected chi connectivity index (χ4v) is 0.459. The topological polar surface area (TPSA) is 38.3 Å². The summed E-state index contributed by atoms with van der Waals surface area (Å²) < 4.78 is 4.75. The molecule has 0 saturated heterocycles. The summed E-state index contributed by atoms with van der Waals surface area (Å²) in [5.41, 5.74) is 0. The van der Waals surface area contributed by atoms with Gasteiger partial charge in [-0.15, -0.1) is 0 Å². The van der Waals surface area contributed by atoms with Crippen molar-refractivity contribution in [1.82, 2.24) is 5.32 Å². The number of rotatable bonds is 3. The van der Waals surface area contributed by atoms with Crippen LogP contribution in [-0.4, -0.2) is 19.7 Å². The Morgan fingerprint density at radius 2 is 2.30 bits per heavy atom. The first-order chi connectivity index (χ1) is 4.66. The normalized spacial score (nSPS) is 9.60. The van der Waals surface area contributed by atoms with Crippen LogP contribution >= 0.6 is 0 Å². The van der Waals surface area contributed by atoms with Gasteiger partial charge in [0, 0.05) is 8.47 Å². The molecule has 62 valence electrons. The molecule has 10 heavy (non-hydrogen) atoms. The van der Waals surface area contributed by atoms with E-state index in [2.05, 4.69) is 19.2 Å². The third kappa shape index (κ3) is 5.41. The summed E-state index contributed by atoms with van der Waals surface area (Å²) in [6, 6.07) is 0. The summed E-state index contributed by atoms with van der Waals surface area (Å²) in [5, 5.41) is 2.38. The van der Waals surface area contributed by atoms with Crippen molar-refractivity contribution in [2.75, 3.05) is 13.7 Å². The van der Waals surface area contributed by atoms with Crippen LogP contribution in [0.25, 0.3) is 0 Å². The van der Waals surface area contributed by atoms with Gasteiger partial charge in [-0.25, -0.2) is 4.79 Å². The predicted octanol–water partition coefficient (Wildman–Crippen LogP) is 1.63. The molecule has 0 aromatic carbocycles. The molecule has 3 nitrogen and oxygen atoms in total. The Morgan fingerprint density at radius 1 is 1.70 bits per heavy atom. The van der Waals surface area contributed by atoms with E-state index in [1.165, 1.54) is 0 Å². The maximum atomic E-state index is 10.5. The quantitative estimate of drug-likeness (QED) is 0.659. The van der Waals surface area contributed by atoms with E-state index in [9.17, 15) is 4.79 Å². The van der Waals surface area contributed by atoms with E-state index in [-0.39, 0.29) is 7.52 Å². The average Bonchev–Trinajstić information content (AvgIpc) is 1.87. The van der Waals surface area contributed by atoms with Gasteiger partial charge in [-0.05, 0) is 12.3 Å². The van der Waals surface area contributed by atoms with Crippen LogP contribution in [0, 0.1) is 5.92 Å². The number of hydrogen-bond acceptors (Lipinski definition) is 2. The molecule has 0 atom stereocenters. The summed E-state index contributed by atoms with van der Waals surface area (Å²) in [6.45, 7) is 4.69. The van der Waals surface area contributed by atoms with Crippen LogP contribution in [0.15, 0.2) is 0 Å². The lowest BCUT2D eigenvalue weighted by molar-refractivity contribution is 0.143. The van der Waals surface area contributed by atoms with Crippen molar-refractivity contribution < 1.29 is 11.0 Å². The van der Waals surface area contributed by atoms with Crippen LogP contribution in [-0.2, 0) is 4.74 Å². The maximum Gasteiger partial charge on any atom is 0.406 e. The van der Waals surface area contributed by atoms with E-state index in [0.717, 1.165) is 6.42 Å². The number of ether oxygens (including phenoxy) is 1. The molecule has 0 aliphatic heterocycles. The molecule has 0 aliphatic carbocycles. The largest absolute Gasteiger partial charge is 0.450 e. The van der Waals surface area contributed by atoms with Crippen LogP contribution < -0.4 is 5.32 Å².